The SMILES string of the molecule is C[Si](C)(C)c1cc(NN)ccc1OS(=O)(=O)C(F)(F)F. The summed E-state index contributed by atoms with van der Waals surface area (Å²) in [6, 6.07) is 3.99. The zero-order chi connectivity index (χ0) is 15.8. The van der Waals surface area contributed by atoms with E-state index in [0.717, 1.165) is 6.07 Å². The minimum absolute atomic E-state index is 0.319. The topological polar surface area (TPSA) is 81.4 Å². The van der Waals surface area contributed by atoms with Crippen molar-refractivity contribution in [3.63, 3.8) is 0 Å². The van der Waals surface area contributed by atoms with Gasteiger partial charge in [-0.2, -0.15) is 21.6 Å². The predicted octanol–water partition coefficient (Wildman–Crippen LogP) is 1.75. The van der Waals surface area contributed by atoms with E-state index in [4.69, 9.17) is 5.84 Å². The number of nitrogens with two attached hydrogens (primary N) is 1. The monoisotopic (exact) mass is 328 g/mol. The molecule has 0 spiro atoms. The van der Waals surface area contributed by atoms with Gasteiger partial charge in [0.2, 0.25) is 0 Å². The van der Waals surface area contributed by atoms with Crippen LogP contribution in [-0.4, -0.2) is 22.0 Å². The van der Waals surface area contributed by atoms with Crippen molar-refractivity contribution in [2.45, 2.75) is 25.1 Å². The lowest BCUT2D eigenvalue weighted by molar-refractivity contribution is -0.0499. The summed E-state index contributed by atoms with van der Waals surface area (Å²) in [4.78, 5) is 0. The van der Waals surface area contributed by atoms with Crippen molar-refractivity contribution in [1.82, 2.24) is 0 Å². The number of halogens is 3. The Morgan fingerprint density at radius 1 is 1.25 bits per heavy atom. The van der Waals surface area contributed by atoms with Gasteiger partial charge >= 0.3 is 15.6 Å². The molecule has 3 N–H and O–H groups in total. The molecule has 1 aromatic carbocycles. The van der Waals surface area contributed by atoms with E-state index in [1.54, 1.807) is 0 Å². The lowest BCUT2D eigenvalue weighted by Gasteiger charge is -2.22. The maximum atomic E-state index is 12.4. The van der Waals surface area contributed by atoms with E-state index in [0.29, 0.717) is 10.9 Å². The molecule has 10 heteroatoms. The first-order chi connectivity index (χ1) is 8.88. The molecule has 5 nitrogen and oxygen atoms in total. The van der Waals surface area contributed by atoms with E-state index >= 15 is 0 Å². The number of alkyl halides is 3. The van der Waals surface area contributed by atoms with E-state index in [2.05, 4.69) is 9.61 Å². The van der Waals surface area contributed by atoms with Crippen LogP contribution in [0.1, 0.15) is 0 Å². The van der Waals surface area contributed by atoms with E-state index in [1.165, 1.54) is 12.1 Å². The minimum Gasteiger partial charge on any atom is -0.376 e. The first kappa shape index (κ1) is 16.8. The molecule has 20 heavy (non-hydrogen) atoms. The molecule has 0 saturated carbocycles. The Hall–Kier alpha value is -1.26. The van der Waals surface area contributed by atoms with Crippen LogP contribution in [0.4, 0.5) is 18.9 Å². The van der Waals surface area contributed by atoms with Crippen LogP contribution < -0.4 is 20.6 Å². The molecular formula is C10H15F3N2O3SSi. The smallest absolute Gasteiger partial charge is 0.376 e. The van der Waals surface area contributed by atoms with Crippen molar-refractivity contribution in [3.8, 4) is 5.75 Å². The molecule has 0 heterocycles. The highest BCUT2D eigenvalue weighted by Crippen LogP contribution is 2.28. The number of hydrogen-bond acceptors (Lipinski definition) is 5. The van der Waals surface area contributed by atoms with Gasteiger partial charge in [-0.15, -0.1) is 0 Å². The summed E-state index contributed by atoms with van der Waals surface area (Å²) in [5.41, 5.74) is -2.65. The Labute approximate surface area is 116 Å². The molecule has 0 saturated heterocycles. The van der Waals surface area contributed by atoms with Crippen molar-refractivity contribution < 1.29 is 25.8 Å². The van der Waals surface area contributed by atoms with Crippen LogP contribution >= 0.6 is 0 Å². The normalized spacial score (nSPS) is 13.2. The van der Waals surface area contributed by atoms with Gasteiger partial charge in [-0.25, -0.2) is 0 Å². The van der Waals surface area contributed by atoms with Gasteiger partial charge in [-0.3, -0.25) is 5.84 Å². The van der Waals surface area contributed by atoms with Crippen LogP contribution in [0, 0.1) is 0 Å². The third kappa shape index (κ3) is 3.64. The molecule has 1 rings (SSSR count). The Morgan fingerprint density at radius 2 is 1.80 bits per heavy atom. The molecule has 114 valence electrons. The zero-order valence-corrected chi connectivity index (χ0v) is 12.9. The summed E-state index contributed by atoms with van der Waals surface area (Å²) in [5.74, 6) is 4.92. The van der Waals surface area contributed by atoms with Gasteiger partial charge in [0.1, 0.15) is 5.75 Å². The third-order valence-corrected chi connectivity index (χ3v) is 5.41. The van der Waals surface area contributed by atoms with Crippen LogP contribution in [0.3, 0.4) is 0 Å². The highest BCUT2D eigenvalue weighted by Gasteiger charge is 2.49. The van der Waals surface area contributed by atoms with E-state index in [9.17, 15) is 21.6 Å². The van der Waals surface area contributed by atoms with Crippen LogP contribution in [0.25, 0.3) is 0 Å². The Morgan fingerprint density at radius 3 is 2.20 bits per heavy atom. The number of nitrogen functional groups attached to an aromatic ring is 1. The fourth-order valence-electron chi connectivity index (χ4n) is 1.44. The second-order valence-corrected chi connectivity index (χ2v) is 11.7. The first-order valence-corrected chi connectivity index (χ1v) is 10.4. The van der Waals surface area contributed by atoms with Crippen LogP contribution in [-0.2, 0) is 10.1 Å². The molecule has 0 radical (unpaired) electrons. The predicted molar refractivity (Wildman–Crippen MR) is 72.8 cm³/mol. The fraction of sp³-hybridized carbons (Fsp3) is 0.400. The van der Waals surface area contributed by atoms with Crippen molar-refractivity contribution in [2.24, 2.45) is 5.84 Å². The summed E-state index contributed by atoms with van der Waals surface area (Å²) in [7, 11) is -7.82. The highest BCUT2D eigenvalue weighted by atomic mass is 32.2. The van der Waals surface area contributed by atoms with Gasteiger partial charge in [0, 0.05) is 5.69 Å². The first-order valence-electron chi connectivity index (χ1n) is 5.50. The molecule has 0 aliphatic rings. The summed E-state index contributed by atoms with van der Waals surface area (Å²) in [6.07, 6.45) is 0. The Bertz CT molecular complexity index is 597. The van der Waals surface area contributed by atoms with E-state index < -0.39 is 23.7 Å². The van der Waals surface area contributed by atoms with Gasteiger partial charge in [-0.05, 0) is 23.4 Å². The maximum Gasteiger partial charge on any atom is 0.534 e. The van der Waals surface area contributed by atoms with E-state index in [-0.39, 0.29) is 5.75 Å². The molecule has 0 amide bonds. The quantitative estimate of drug-likeness (QED) is 0.289. The largest absolute Gasteiger partial charge is 0.534 e. The molecule has 0 bridgehead atoms. The third-order valence-electron chi connectivity index (χ3n) is 2.44. The van der Waals surface area contributed by atoms with Gasteiger partial charge in [0.05, 0.1) is 8.07 Å². The number of hydrogen-bond donors (Lipinski definition) is 2. The minimum atomic E-state index is -5.68. The van der Waals surface area contributed by atoms with Gasteiger partial charge < -0.3 is 9.61 Å². The van der Waals surface area contributed by atoms with Gasteiger partial charge in [0.15, 0.2) is 0 Å². The number of nitrogens with one attached hydrogen (secondary N) is 1. The Balaban J connectivity index is 3.33. The molecule has 0 aromatic heterocycles. The van der Waals surface area contributed by atoms with Gasteiger partial charge in [0.25, 0.3) is 0 Å². The average Bonchev–Trinajstić information content (AvgIpc) is 2.26. The summed E-state index contributed by atoms with van der Waals surface area (Å²) >= 11 is 0. The average molecular weight is 328 g/mol. The standard InChI is InChI=1S/C10H15F3N2O3SSi/c1-20(2,3)9-6-7(15-14)4-5-8(9)18-19(16,17)10(11,12)13/h4-6,15H,14H2,1-3H3. The number of anilines is 1. The molecule has 0 unspecified atom stereocenters. The van der Waals surface area contributed by atoms with Crippen LogP contribution in [0.2, 0.25) is 19.6 Å². The van der Waals surface area contributed by atoms with E-state index in [1.807, 2.05) is 19.6 Å². The van der Waals surface area contributed by atoms with Crippen molar-refractivity contribution in [2.75, 3.05) is 5.43 Å². The molecule has 0 aliphatic heterocycles. The lowest BCUT2D eigenvalue weighted by atomic mass is 10.3. The Kier molecular flexibility index (Phi) is 4.42. The van der Waals surface area contributed by atoms with Crippen molar-refractivity contribution in [1.29, 1.82) is 0 Å². The molecule has 1 aromatic rings. The number of hydrazine groups is 1. The fourth-order valence-corrected chi connectivity index (χ4v) is 3.46. The molecular weight excluding hydrogens is 313 g/mol. The zero-order valence-electron chi connectivity index (χ0n) is 11.1. The second-order valence-electron chi connectivity index (χ2n) is 5.09. The second kappa shape index (κ2) is 5.26. The molecule has 0 fully saturated rings. The molecule has 0 atom stereocenters. The highest BCUT2D eigenvalue weighted by molar-refractivity contribution is 7.88. The maximum absolute atomic E-state index is 12.4. The van der Waals surface area contributed by atoms with Crippen molar-refractivity contribution >= 4 is 29.1 Å². The number of benzene rings is 1. The summed E-state index contributed by atoms with van der Waals surface area (Å²) < 4.78 is 63.5. The molecule has 0 aliphatic carbocycles. The van der Waals surface area contributed by atoms with Gasteiger partial charge in [-0.1, -0.05) is 19.6 Å². The lowest BCUT2D eigenvalue weighted by Crippen LogP contribution is -2.40. The summed E-state index contributed by atoms with van der Waals surface area (Å²) in [5, 5.41) is 0.417. The van der Waals surface area contributed by atoms with Crippen LogP contribution in [0.15, 0.2) is 18.2 Å². The van der Waals surface area contributed by atoms with Crippen LogP contribution in [0.5, 0.6) is 5.75 Å². The number of rotatable bonds is 4. The van der Waals surface area contributed by atoms with Crippen molar-refractivity contribution in [3.05, 3.63) is 18.2 Å². The summed E-state index contributed by atoms with van der Waals surface area (Å²) in [6.45, 7) is 5.53.